The third-order valence-electron chi connectivity index (χ3n) is 5.41. The van der Waals surface area contributed by atoms with Crippen LogP contribution in [0.3, 0.4) is 0 Å². The van der Waals surface area contributed by atoms with E-state index in [4.69, 9.17) is 9.47 Å². The lowest BCUT2D eigenvalue weighted by molar-refractivity contribution is -0.139. The Morgan fingerprint density at radius 2 is 1.74 bits per heavy atom. The number of nitrogens with zero attached hydrogens (tertiary/aromatic N) is 1. The van der Waals surface area contributed by atoms with Gasteiger partial charge in [0.25, 0.3) is 11.7 Å². The van der Waals surface area contributed by atoms with Crippen molar-refractivity contribution in [3.63, 3.8) is 0 Å². The topological polar surface area (TPSA) is 76.1 Å². The molecule has 3 rings (SSSR count). The molecule has 1 aliphatic heterocycles. The van der Waals surface area contributed by atoms with Gasteiger partial charge in [-0.2, -0.15) is 0 Å². The van der Waals surface area contributed by atoms with Gasteiger partial charge in [0.2, 0.25) is 0 Å². The minimum atomic E-state index is -0.709. The first kappa shape index (κ1) is 22.4. The lowest BCUT2D eigenvalue weighted by Gasteiger charge is -2.26. The standard InChI is InChI=1S/C25H29NO5/c1-4-6-9-16-26-22(19-10-7-8-11-20(19)30-3)21(24(28)25(26)29)23(27)17-12-14-18(15-13-17)31-5-2/h7-8,10-15,22,27H,4-6,9,16H2,1-3H3/b23-21-. The number of carbonyl (C=O) groups is 2. The van der Waals surface area contributed by atoms with Crippen LogP contribution < -0.4 is 9.47 Å². The molecule has 1 saturated heterocycles. The van der Waals surface area contributed by atoms with E-state index >= 15 is 0 Å². The van der Waals surface area contributed by atoms with Gasteiger partial charge in [0.15, 0.2) is 0 Å². The summed E-state index contributed by atoms with van der Waals surface area (Å²) in [6, 6.07) is 13.4. The number of carbonyl (C=O) groups excluding carboxylic acids is 2. The second-order valence-corrected chi connectivity index (χ2v) is 7.40. The molecule has 1 fully saturated rings. The average Bonchev–Trinajstić information content (AvgIpc) is 3.04. The van der Waals surface area contributed by atoms with Crippen LogP contribution >= 0.6 is 0 Å². The summed E-state index contributed by atoms with van der Waals surface area (Å²) in [6.07, 6.45) is 2.72. The first-order chi connectivity index (χ1) is 15.0. The Morgan fingerprint density at radius 3 is 2.39 bits per heavy atom. The monoisotopic (exact) mass is 423 g/mol. The van der Waals surface area contributed by atoms with Gasteiger partial charge in [0.1, 0.15) is 17.3 Å². The zero-order valence-electron chi connectivity index (χ0n) is 18.3. The first-order valence-corrected chi connectivity index (χ1v) is 10.7. The Balaban J connectivity index is 2.11. The number of ketones is 1. The number of ether oxygens (including phenoxy) is 2. The fourth-order valence-electron chi connectivity index (χ4n) is 3.89. The van der Waals surface area contributed by atoms with Crippen LogP contribution in [0.5, 0.6) is 11.5 Å². The zero-order chi connectivity index (χ0) is 22.4. The molecule has 0 bridgehead atoms. The number of hydrogen-bond acceptors (Lipinski definition) is 5. The lowest BCUT2D eigenvalue weighted by Crippen LogP contribution is -2.30. The van der Waals surface area contributed by atoms with Crippen molar-refractivity contribution in [3.05, 3.63) is 65.2 Å². The average molecular weight is 424 g/mol. The molecule has 2 aromatic carbocycles. The van der Waals surface area contributed by atoms with E-state index in [2.05, 4.69) is 6.92 Å². The van der Waals surface area contributed by atoms with Gasteiger partial charge in [0, 0.05) is 17.7 Å². The Hall–Kier alpha value is -3.28. The predicted octanol–water partition coefficient (Wildman–Crippen LogP) is 4.71. The minimum Gasteiger partial charge on any atom is -0.507 e. The Morgan fingerprint density at radius 1 is 1.03 bits per heavy atom. The normalized spacial score (nSPS) is 17.8. The highest BCUT2D eigenvalue weighted by atomic mass is 16.5. The highest BCUT2D eigenvalue weighted by Gasteiger charge is 2.46. The fourth-order valence-corrected chi connectivity index (χ4v) is 3.89. The number of aliphatic hydroxyl groups is 1. The van der Waals surface area contributed by atoms with Gasteiger partial charge in [-0.1, -0.05) is 38.0 Å². The Kier molecular flexibility index (Phi) is 7.34. The molecule has 0 radical (unpaired) electrons. The largest absolute Gasteiger partial charge is 0.507 e. The van der Waals surface area contributed by atoms with E-state index in [1.165, 1.54) is 0 Å². The number of para-hydroxylation sites is 1. The summed E-state index contributed by atoms with van der Waals surface area (Å²) in [5.74, 6) is -0.249. The van der Waals surface area contributed by atoms with Crippen LogP contribution in [0, 0.1) is 0 Å². The van der Waals surface area contributed by atoms with Gasteiger partial charge in [-0.05, 0) is 43.7 Å². The number of Topliss-reactive ketones (excluding diaryl/α,β-unsaturated/α-hetero) is 1. The van der Waals surface area contributed by atoms with Crippen LogP contribution in [0.1, 0.15) is 50.3 Å². The number of methoxy groups -OCH3 is 1. The summed E-state index contributed by atoms with van der Waals surface area (Å²) < 4.78 is 11.0. The zero-order valence-corrected chi connectivity index (χ0v) is 18.3. The molecule has 1 aliphatic rings. The molecular weight excluding hydrogens is 394 g/mol. The number of unbranched alkanes of at least 4 members (excludes halogenated alkanes) is 2. The summed E-state index contributed by atoms with van der Waals surface area (Å²) >= 11 is 0. The number of benzene rings is 2. The molecule has 0 aliphatic carbocycles. The van der Waals surface area contributed by atoms with E-state index in [-0.39, 0.29) is 11.3 Å². The second kappa shape index (κ2) is 10.2. The van der Waals surface area contributed by atoms with Crippen molar-refractivity contribution in [1.82, 2.24) is 4.90 Å². The molecule has 6 nitrogen and oxygen atoms in total. The molecule has 1 N–H and O–H groups in total. The highest BCUT2D eigenvalue weighted by Crippen LogP contribution is 2.42. The molecule has 1 heterocycles. The van der Waals surface area contributed by atoms with Crippen LogP contribution in [-0.4, -0.2) is 42.0 Å². The van der Waals surface area contributed by atoms with Crippen LogP contribution in [0.4, 0.5) is 0 Å². The number of amides is 1. The molecule has 1 amide bonds. The summed E-state index contributed by atoms with van der Waals surface area (Å²) in [7, 11) is 1.55. The van der Waals surface area contributed by atoms with E-state index in [1.54, 1.807) is 42.3 Å². The smallest absolute Gasteiger partial charge is 0.295 e. The lowest BCUT2D eigenvalue weighted by atomic mass is 9.94. The maximum absolute atomic E-state index is 13.0. The van der Waals surface area contributed by atoms with Gasteiger partial charge < -0.3 is 19.5 Å². The molecule has 1 unspecified atom stereocenters. The van der Waals surface area contributed by atoms with Crippen molar-refractivity contribution in [2.24, 2.45) is 0 Å². The second-order valence-electron chi connectivity index (χ2n) is 7.40. The molecule has 0 spiro atoms. The molecule has 0 aromatic heterocycles. The molecule has 6 heteroatoms. The van der Waals surface area contributed by atoms with Crippen molar-refractivity contribution in [1.29, 1.82) is 0 Å². The van der Waals surface area contributed by atoms with Gasteiger partial charge in [0.05, 0.1) is 25.3 Å². The summed E-state index contributed by atoms with van der Waals surface area (Å²) in [4.78, 5) is 27.5. The van der Waals surface area contributed by atoms with Crippen LogP contribution in [0.15, 0.2) is 54.1 Å². The van der Waals surface area contributed by atoms with Crippen LogP contribution in [0.2, 0.25) is 0 Å². The third-order valence-corrected chi connectivity index (χ3v) is 5.41. The van der Waals surface area contributed by atoms with Crippen LogP contribution in [0.25, 0.3) is 5.76 Å². The summed E-state index contributed by atoms with van der Waals surface area (Å²) in [5.41, 5.74) is 1.21. The Labute approximate surface area is 183 Å². The van der Waals surface area contributed by atoms with Crippen molar-refractivity contribution in [2.45, 2.75) is 39.2 Å². The summed E-state index contributed by atoms with van der Waals surface area (Å²) in [6.45, 7) is 4.93. The van der Waals surface area contributed by atoms with Crippen molar-refractivity contribution >= 4 is 17.4 Å². The minimum absolute atomic E-state index is 0.0789. The maximum atomic E-state index is 13.0. The fraction of sp³-hybridized carbons (Fsp3) is 0.360. The van der Waals surface area contributed by atoms with E-state index in [1.807, 2.05) is 25.1 Å². The predicted molar refractivity (Wildman–Crippen MR) is 119 cm³/mol. The van der Waals surface area contributed by atoms with Gasteiger partial charge in [-0.3, -0.25) is 9.59 Å². The van der Waals surface area contributed by atoms with E-state index < -0.39 is 17.7 Å². The van der Waals surface area contributed by atoms with Crippen LogP contribution in [-0.2, 0) is 9.59 Å². The van der Waals surface area contributed by atoms with E-state index in [0.717, 1.165) is 19.3 Å². The van der Waals surface area contributed by atoms with E-state index in [9.17, 15) is 14.7 Å². The van der Waals surface area contributed by atoms with Gasteiger partial charge in [-0.25, -0.2) is 0 Å². The van der Waals surface area contributed by atoms with Crippen molar-refractivity contribution in [3.8, 4) is 11.5 Å². The third kappa shape index (κ3) is 4.58. The van der Waals surface area contributed by atoms with Crippen molar-refractivity contribution < 1.29 is 24.2 Å². The van der Waals surface area contributed by atoms with Gasteiger partial charge >= 0.3 is 0 Å². The quantitative estimate of drug-likeness (QED) is 0.274. The molecular formula is C25H29NO5. The highest BCUT2D eigenvalue weighted by molar-refractivity contribution is 6.46. The Bertz CT molecular complexity index is 964. The van der Waals surface area contributed by atoms with Gasteiger partial charge in [-0.15, -0.1) is 0 Å². The molecule has 164 valence electrons. The molecule has 31 heavy (non-hydrogen) atoms. The summed E-state index contributed by atoms with van der Waals surface area (Å²) in [5, 5.41) is 11.1. The van der Waals surface area contributed by atoms with E-state index in [0.29, 0.717) is 35.8 Å². The SMILES string of the molecule is CCCCCN1C(=O)C(=O)/C(=C(\O)c2ccc(OCC)cc2)C1c1ccccc1OC. The number of aliphatic hydroxyl groups excluding tert-OH is 1. The van der Waals surface area contributed by atoms with Crippen molar-refractivity contribution in [2.75, 3.05) is 20.3 Å². The molecule has 2 aromatic rings. The number of rotatable bonds is 9. The molecule has 1 atom stereocenters. The number of likely N-dealkylation sites (tertiary alicyclic amines) is 1. The maximum Gasteiger partial charge on any atom is 0.295 e. The first-order valence-electron chi connectivity index (χ1n) is 10.7. The molecule has 0 saturated carbocycles. The number of hydrogen-bond donors (Lipinski definition) is 1.